The first-order chi connectivity index (χ1) is 17.8. The van der Waals surface area contributed by atoms with Crippen LogP contribution in [-0.2, 0) is 30.4 Å². The third kappa shape index (κ3) is 5.80. The molecule has 0 aliphatic carbocycles. The highest BCUT2D eigenvalue weighted by molar-refractivity contribution is 5.82. The summed E-state index contributed by atoms with van der Waals surface area (Å²) in [5, 5.41) is 2.94. The molecule has 2 aliphatic heterocycles. The lowest BCUT2D eigenvalue weighted by molar-refractivity contribution is -0.137. The van der Waals surface area contributed by atoms with Gasteiger partial charge in [-0.1, -0.05) is 42.5 Å². The van der Waals surface area contributed by atoms with Crippen LogP contribution in [0, 0.1) is 11.7 Å². The third-order valence-corrected chi connectivity index (χ3v) is 7.40. The fourth-order valence-electron chi connectivity index (χ4n) is 5.42. The second-order valence-electron chi connectivity index (χ2n) is 9.79. The molecule has 1 N–H and O–H groups in total. The summed E-state index contributed by atoms with van der Waals surface area (Å²) in [7, 11) is 0. The average Bonchev–Trinajstić information content (AvgIpc) is 2.90. The number of fused-ring (bicyclic) bond motifs is 3. The summed E-state index contributed by atoms with van der Waals surface area (Å²) >= 11 is 0. The molecule has 0 saturated carbocycles. The van der Waals surface area contributed by atoms with Gasteiger partial charge in [-0.3, -0.25) is 9.69 Å². The molecule has 1 amide bonds. The van der Waals surface area contributed by atoms with Crippen LogP contribution >= 0.6 is 0 Å². The Morgan fingerprint density at radius 1 is 0.946 bits per heavy atom. The van der Waals surface area contributed by atoms with Crippen molar-refractivity contribution in [1.29, 1.82) is 0 Å². The van der Waals surface area contributed by atoms with E-state index >= 15 is 0 Å². The number of rotatable bonds is 6. The fraction of sp³-hybridized carbons (Fsp3) is 0.345. The number of piperazine rings is 1. The van der Waals surface area contributed by atoms with Gasteiger partial charge in [-0.15, -0.1) is 0 Å². The molecule has 0 bridgehead atoms. The first kappa shape index (κ1) is 25.3. The third-order valence-electron chi connectivity index (χ3n) is 7.40. The van der Waals surface area contributed by atoms with Gasteiger partial charge in [0.05, 0.1) is 17.5 Å². The van der Waals surface area contributed by atoms with Crippen LogP contribution in [0.5, 0.6) is 0 Å². The normalized spacial score (nSPS) is 19.7. The number of alkyl halides is 3. The van der Waals surface area contributed by atoms with Gasteiger partial charge in [-0.05, 0) is 59.9 Å². The number of benzene rings is 3. The molecule has 3 aromatic carbocycles. The summed E-state index contributed by atoms with van der Waals surface area (Å²) in [4.78, 5) is 17.9. The van der Waals surface area contributed by atoms with Crippen LogP contribution in [-0.4, -0.2) is 43.0 Å². The van der Waals surface area contributed by atoms with Crippen LogP contribution in [0.2, 0.25) is 0 Å². The summed E-state index contributed by atoms with van der Waals surface area (Å²) in [5.41, 5.74) is 2.63. The van der Waals surface area contributed by atoms with Crippen LogP contribution in [0.4, 0.5) is 23.2 Å². The number of carbonyl (C=O) groups excluding carboxylic acids is 1. The zero-order chi connectivity index (χ0) is 26.0. The molecule has 0 radical (unpaired) electrons. The Kier molecular flexibility index (Phi) is 7.20. The Labute approximate surface area is 213 Å². The predicted molar refractivity (Wildman–Crippen MR) is 135 cm³/mol. The van der Waals surface area contributed by atoms with Crippen LogP contribution < -0.4 is 10.2 Å². The Morgan fingerprint density at radius 3 is 2.43 bits per heavy atom. The summed E-state index contributed by atoms with van der Waals surface area (Å²) in [6.07, 6.45) is -3.31. The van der Waals surface area contributed by atoms with Crippen LogP contribution in [0.25, 0.3) is 0 Å². The van der Waals surface area contributed by atoms with Gasteiger partial charge in [0.2, 0.25) is 5.91 Å². The van der Waals surface area contributed by atoms with Crippen molar-refractivity contribution in [3.8, 4) is 0 Å². The van der Waals surface area contributed by atoms with Gasteiger partial charge in [0.25, 0.3) is 0 Å². The summed E-state index contributed by atoms with van der Waals surface area (Å²) in [5.74, 6) is -1.06. The highest BCUT2D eigenvalue weighted by Gasteiger charge is 2.42. The van der Waals surface area contributed by atoms with Crippen molar-refractivity contribution < 1.29 is 22.4 Å². The maximum Gasteiger partial charge on any atom is 0.416 e. The molecule has 2 aliphatic rings. The molecule has 5 rings (SSSR count). The van der Waals surface area contributed by atoms with Crippen molar-refractivity contribution in [3.05, 3.63) is 101 Å². The maximum absolute atomic E-state index is 13.4. The first-order valence-electron chi connectivity index (χ1n) is 12.5. The molecule has 0 unspecified atom stereocenters. The van der Waals surface area contributed by atoms with Gasteiger partial charge in [-0.25, -0.2) is 4.39 Å². The molecule has 1 fully saturated rings. The summed E-state index contributed by atoms with van der Waals surface area (Å²) in [6.45, 7) is 3.14. The minimum Gasteiger partial charge on any atom is -0.365 e. The van der Waals surface area contributed by atoms with Gasteiger partial charge in [0.15, 0.2) is 0 Å². The van der Waals surface area contributed by atoms with E-state index in [9.17, 15) is 22.4 Å². The number of hydrogen-bond donors (Lipinski definition) is 1. The molecule has 8 heteroatoms. The van der Waals surface area contributed by atoms with E-state index in [2.05, 4.69) is 27.2 Å². The van der Waals surface area contributed by atoms with Gasteiger partial charge in [-0.2, -0.15) is 13.2 Å². The molecule has 37 heavy (non-hydrogen) atoms. The molecule has 2 atom stereocenters. The number of halogens is 4. The van der Waals surface area contributed by atoms with Crippen molar-refractivity contribution in [1.82, 2.24) is 10.2 Å². The molecule has 0 aromatic heterocycles. The molecule has 1 saturated heterocycles. The van der Waals surface area contributed by atoms with Gasteiger partial charge in [0.1, 0.15) is 5.82 Å². The van der Waals surface area contributed by atoms with Crippen LogP contribution in [0.1, 0.15) is 22.3 Å². The monoisotopic (exact) mass is 511 g/mol. The zero-order valence-electron chi connectivity index (χ0n) is 20.3. The minimum absolute atomic E-state index is 0.151. The van der Waals surface area contributed by atoms with E-state index in [4.69, 9.17) is 0 Å². The quantitative estimate of drug-likeness (QED) is 0.470. The van der Waals surface area contributed by atoms with E-state index in [1.54, 1.807) is 18.2 Å². The number of anilines is 1. The van der Waals surface area contributed by atoms with Crippen molar-refractivity contribution in [3.63, 3.8) is 0 Å². The molecule has 3 aromatic rings. The molecule has 4 nitrogen and oxygen atoms in total. The van der Waals surface area contributed by atoms with E-state index in [1.165, 1.54) is 23.8 Å². The lowest BCUT2D eigenvalue weighted by Gasteiger charge is -2.49. The molecular formula is C29H29F4N3O. The molecule has 2 heterocycles. The Hall–Kier alpha value is -3.39. The second kappa shape index (κ2) is 10.5. The average molecular weight is 512 g/mol. The maximum atomic E-state index is 13.4. The van der Waals surface area contributed by atoms with Crippen molar-refractivity contribution in [2.45, 2.75) is 31.6 Å². The van der Waals surface area contributed by atoms with Crippen molar-refractivity contribution >= 4 is 11.6 Å². The zero-order valence-corrected chi connectivity index (χ0v) is 20.3. The lowest BCUT2D eigenvalue weighted by atomic mass is 9.82. The highest BCUT2D eigenvalue weighted by atomic mass is 19.4. The number of amides is 1. The number of nitrogens with zero attached hydrogens (tertiary/aromatic N) is 2. The highest BCUT2D eigenvalue weighted by Crippen LogP contribution is 2.39. The van der Waals surface area contributed by atoms with Crippen LogP contribution in [0.3, 0.4) is 0 Å². The van der Waals surface area contributed by atoms with Gasteiger partial charge >= 0.3 is 6.18 Å². The van der Waals surface area contributed by atoms with E-state index in [1.807, 2.05) is 18.2 Å². The van der Waals surface area contributed by atoms with E-state index < -0.39 is 17.7 Å². The summed E-state index contributed by atoms with van der Waals surface area (Å²) in [6, 6.07) is 19.8. The topological polar surface area (TPSA) is 35.6 Å². The standard InChI is InChI=1S/C29H29F4N3O/c30-24-9-6-21(7-10-24)18-34-28(37)25-17-22-16-23(29(31,32)33)8-11-26(22)36-15-14-35(19-27(25)36)13-12-20-4-2-1-3-5-20/h1-11,16,25,27H,12-15,17-19H2,(H,34,37)/t25-,27-/m0/s1. The first-order valence-corrected chi connectivity index (χ1v) is 12.5. The largest absolute Gasteiger partial charge is 0.416 e. The Balaban J connectivity index is 1.36. The summed E-state index contributed by atoms with van der Waals surface area (Å²) < 4.78 is 53.5. The minimum atomic E-state index is -4.44. The van der Waals surface area contributed by atoms with Crippen molar-refractivity contribution in [2.75, 3.05) is 31.1 Å². The van der Waals surface area contributed by atoms with Gasteiger partial charge in [0, 0.05) is 38.4 Å². The van der Waals surface area contributed by atoms with E-state index in [0.29, 0.717) is 18.7 Å². The Morgan fingerprint density at radius 2 is 1.70 bits per heavy atom. The predicted octanol–water partition coefficient (Wildman–Crippen LogP) is 5.07. The van der Waals surface area contributed by atoms with E-state index in [-0.39, 0.29) is 30.7 Å². The molecular weight excluding hydrogens is 482 g/mol. The second-order valence-corrected chi connectivity index (χ2v) is 9.79. The smallest absolute Gasteiger partial charge is 0.365 e. The fourth-order valence-corrected chi connectivity index (χ4v) is 5.42. The van der Waals surface area contributed by atoms with Crippen LogP contribution in [0.15, 0.2) is 72.8 Å². The molecule has 0 spiro atoms. The number of carbonyl (C=O) groups is 1. The Bertz CT molecular complexity index is 1230. The number of nitrogens with one attached hydrogen (secondary N) is 1. The van der Waals surface area contributed by atoms with Crippen molar-refractivity contribution in [2.24, 2.45) is 5.92 Å². The SMILES string of the molecule is O=C(NCc1ccc(F)cc1)[C@H]1Cc2cc(C(F)(F)F)ccc2N2CCN(CCc3ccccc3)C[C@@H]12. The molecule has 194 valence electrons. The number of hydrogen-bond acceptors (Lipinski definition) is 3. The van der Waals surface area contributed by atoms with E-state index in [0.717, 1.165) is 36.8 Å². The lowest BCUT2D eigenvalue weighted by Crippen LogP contribution is -2.61. The van der Waals surface area contributed by atoms with Gasteiger partial charge < -0.3 is 10.2 Å².